The molecule has 0 amide bonds. The highest BCUT2D eigenvalue weighted by molar-refractivity contribution is 5.81. The van der Waals surface area contributed by atoms with E-state index in [1.165, 1.54) is 13.2 Å². The molecule has 20 heavy (non-hydrogen) atoms. The topological polar surface area (TPSA) is 68.5 Å². The lowest BCUT2D eigenvalue weighted by molar-refractivity contribution is -0.135. The molecule has 0 N–H and O–H groups in total. The highest BCUT2D eigenvalue weighted by Crippen LogP contribution is 2.24. The molecule has 0 fully saturated rings. The van der Waals surface area contributed by atoms with E-state index < -0.39 is 11.8 Å². The van der Waals surface area contributed by atoms with Crippen molar-refractivity contribution in [3.63, 3.8) is 0 Å². The number of ether oxygens (including phenoxy) is 3. The zero-order valence-electron chi connectivity index (χ0n) is 11.1. The second kappa shape index (κ2) is 7.64. The maximum Gasteiger partial charge on any atom is 0.330 e. The molecular weight excluding hydrogens is 258 g/mol. The summed E-state index contributed by atoms with van der Waals surface area (Å²) in [6, 6.07) is 10.8. The molecule has 104 valence electrons. The van der Waals surface area contributed by atoms with Gasteiger partial charge in [-0.2, -0.15) is 5.26 Å². The molecule has 0 bridgehead atoms. The molecule has 1 rings (SSSR count). The predicted molar refractivity (Wildman–Crippen MR) is 72.5 cm³/mol. The summed E-state index contributed by atoms with van der Waals surface area (Å²) in [6.07, 6.45) is 3.50. The summed E-state index contributed by atoms with van der Waals surface area (Å²) < 4.78 is 15.5. The number of nitrogens with zero attached hydrogens (tertiary/aromatic N) is 1. The van der Waals surface area contributed by atoms with Crippen molar-refractivity contribution in [1.82, 2.24) is 0 Å². The molecule has 5 heteroatoms. The number of hydrogen-bond donors (Lipinski definition) is 0. The maximum absolute atomic E-state index is 11.2. The molecule has 0 aromatic heterocycles. The molecule has 1 aromatic carbocycles. The lowest BCUT2D eigenvalue weighted by Gasteiger charge is -2.28. The molecule has 0 spiro atoms. The lowest BCUT2D eigenvalue weighted by Crippen LogP contribution is -2.35. The van der Waals surface area contributed by atoms with Crippen molar-refractivity contribution in [2.45, 2.75) is 12.2 Å². The van der Waals surface area contributed by atoms with Crippen molar-refractivity contribution in [2.75, 3.05) is 7.11 Å². The average molecular weight is 273 g/mol. The molecular formula is C15H15NO4. The van der Waals surface area contributed by atoms with Gasteiger partial charge in [0.1, 0.15) is 12.2 Å². The maximum atomic E-state index is 11.2. The molecule has 0 aliphatic rings. The zero-order valence-corrected chi connectivity index (χ0v) is 11.1. The minimum atomic E-state index is -1.42. The molecule has 1 atom stereocenters. The van der Waals surface area contributed by atoms with Crippen molar-refractivity contribution in [1.29, 1.82) is 5.26 Å². The Kier molecular flexibility index (Phi) is 5.85. The van der Waals surface area contributed by atoms with Crippen LogP contribution in [0.1, 0.15) is 6.42 Å². The number of nitriles is 1. The zero-order chi connectivity index (χ0) is 14.8. The summed E-state index contributed by atoms with van der Waals surface area (Å²) >= 11 is 0. The van der Waals surface area contributed by atoms with Crippen LogP contribution in [0.4, 0.5) is 0 Å². The van der Waals surface area contributed by atoms with Gasteiger partial charge in [-0.05, 0) is 12.1 Å². The Morgan fingerprint density at radius 3 is 2.70 bits per heavy atom. The Hall–Kier alpha value is -2.74. The van der Waals surface area contributed by atoms with Gasteiger partial charge >= 0.3 is 5.97 Å². The number of carbonyl (C=O) groups is 1. The molecule has 1 aromatic rings. The SMILES string of the molecule is C=COC(/C=C/C(=O)OC)(CC#N)Oc1ccccc1. The van der Waals surface area contributed by atoms with E-state index in [4.69, 9.17) is 14.7 Å². The van der Waals surface area contributed by atoms with Gasteiger partial charge in [0.25, 0.3) is 5.79 Å². The van der Waals surface area contributed by atoms with Crippen molar-refractivity contribution < 1.29 is 19.0 Å². The first kappa shape index (κ1) is 15.3. The smallest absolute Gasteiger partial charge is 0.330 e. The van der Waals surface area contributed by atoms with Crippen molar-refractivity contribution >= 4 is 5.97 Å². The Bertz CT molecular complexity index is 518. The molecule has 0 saturated heterocycles. The number of para-hydroxylation sites is 1. The predicted octanol–water partition coefficient (Wildman–Crippen LogP) is 2.56. The standard InChI is InChI=1S/C15H15NO4/c1-3-19-15(11-12-16,10-9-14(17)18-2)20-13-7-5-4-6-8-13/h3-10H,1,11H2,2H3/b10-9+. The number of carbonyl (C=O) groups excluding carboxylic acids is 1. The van der Waals surface area contributed by atoms with Crippen LogP contribution in [0.3, 0.4) is 0 Å². The molecule has 5 nitrogen and oxygen atoms in total. The van der Waals surface area contributed by atoms with Crippen molar-refractivity contribution in [3.8, 4) is 11.8 Å². The van der Waals surface area contributed by atoms with Crippen LogP contribution < -0.4 is 4.74 Å². The van der Waals surface area contributed by atoms with E-state index in [1.807, 2.05) is 12.1 Å². The number of methoxy groups -OCH3 is 1. The summed E-state index contributed by atoms with van der Waals surface area (Å²) in [5.41, 5.74) is 0. The second-order valence-corrected chi connectivity index (χ2v) is 3.70. The fourth-order valence-corrected chi connectivity index (χ4v) is 1.44. The Balaban J connectivity index is 3.04. The summed E-state index contributed by atoms with van der Waals surface area (Å²) in [5, 5.41) is 8.93. The normalized spacial score (nSPS) is 13.0. The fraction of sp³-hybridized carbons (Fsp3) is 0.200. The molecule has 0 heterocycles. The number of hydrogen-bond acceptors (Lipinski definition) is 5. The van der Waals surface area contributed by atoms with Crippen LogP contribution >= 0.6 is 0 Å². The van der Waals surface area contributed by atoms with Gasteiger partial charge in [-0.15, -0.1) is 0 Å². The van der Waals surface area contributed by atoms with Crippen LogP contribution in [-0.2, 0) is 14.3 Å². The summed E-state index contributed by atoms with van der Waals surface area (Å²) in [6.45, 7) is 3.45. The molecule has 0 aliphatic carbocycles. The Morgan fingerprint density at radius 2 is 2.15 bits per heavy atom. The molecule has 0 aliphatic heterocycles. The Morgan fingerprint density at radius 1 is 1.45 bits per heavy atom. The summed E-state index contributed by atoms with van der Waals surface area (Å²) in [7, 11) is 1.26. The second-order valence-electron chi connectivity index (χ2n) is 3.70. The Labute approximate surface area is 117 Å². The lowest BCUT2D eigenvalue weighted by atomic mass is 10.1. The van der Waals surface area contributed by atoms with Crippen LogP contribution in [0.15, 0.2) is 55.3 Å². The van der Waals surface area contributed by atoms with Crippen LogP contribution in [0.2, 0.25) is 0 Å². The van der Waals surface area contributed by atoms with Crippen LogP contribution in [-0.4, -0.2) is 18.9 Å². The van der Waals surface area contributed by atoms with Gasteiger partial charge in [0.15, 0.2) is 0 Å². The summed E-state index contributed by atoms with van der Waals surface area (Å²) in [4.78, 5) is 11.2. The third kappa shape index (κ3) is 4.50. The molecule has 0 radical (unpaired) electrons. The van der Waals surface area contributed by atoms with Gasteiger partial charge in [0, 0.05) is 12.2 Å². The minimum Gasteiger partial charge on any atom is -0.466 e. The number of esters is 1. The van der Waals surface area contributed by atoms with E-state index in [9.17, 15) is 4.79 Å². The van der Waals surface area contributed by atoms with Crippen LogP contribution in [0.5, 0.6) is 5.75 Å². The summed E-state index contributed by atoms with van der Waals surface area (Å²) in [5.74, 6) is -1.50. The first-order valence-corrected chi connectivity index (χ1v) is 5.82. The van der Waals surface area contributed by atoms with Gasteiger partial charge in [0.05, 0.1) is 19.4 Å². The first-order chi connectivity index (χ1) is 9.65. The van der Waals surface area contributed by atoms with Crippen molar-refractivity contribution in [3.05, 3.63) is 55.3 Å². The van der Waals surface area contributed by atoms with Crippen LogP contribution in [0, 0.1) is 11.3 Å². The highest BCUT2D eigenvalue weighted by atomic mass is 16.7. The van der Waals surface area contributed by atoms with E-state index in [2.05, 4.69) is 11.3 Å². The average Bonchev–Trinajstić information content (AvgIpc) is 2.46. The van der Waals surface area contributed by atoms with Gasteiger partial charge in [-0.25, -0.2) is 4.79 Å². The molecule has 0 saturated carbocycles. The first-order valence-electron chi connectivity index (χ1n) is 5.82. The fourth-order valence-electron chi connectivity index (χ4n) is 1.44. The number of rotatable bonds is 7. The van der Waals surface area contributed by atoms with Gasteiger partial charge in [-0.3, -0.25) is 0 Å². The van der Waals surface area contributed by atoms with E-state index >= 15 is 0 Å². The quantitative estimate of drug-likeness (QED) is 0.330. The number of benzene rings is 1. The third-order valence-electron chi connectivity index (χ3n) is 2.32. The van der Waals surface area contributed by atoms with Gasteiger partial charge in [0.2, 0.25) is 0 Å². The minimum absolute atomic E-state index is 0.124. The van der Waals surface area contributed by atoms with Crippen LogP contribution in [0.25, 0.3) is 0 Å². The largest absolute Gasteiger partial charge is 0.466 e. The van der Waals surface area contributed by atoms with Gasteiger partial charge in [-0.1, -0.05) is 24.8 Å². The van der Waals surface area contributed by atoms with E-state index in [-0.39, 0.29) is 6.42 Å². The van der Waals surface area contributed by atoms with Crippen molar-refractivity contribution in [2.24, 2.45) is 0 Å². The third-order valence-corrected chi connectivity index (χ3v) is 2.32. The van der Waals surface area contributed by atoms with E-state index in [0.29, 0.717) is 5.75 Å². The van der Waals surface area contributed by atoms with E-state index in [0.717, 1.165) is 12.3 Å². The highest BCUT2D eigenvalue weighted by Gasteiger charge is 2.31. The monoisotopic (exact) mass is 273 g/mol. The molecule has 1 unspecified atom stereocenters. The van der Waals surface area contributed by atoms with E-state index in [1.54, 1.807) is 24.3 Å². The van der Waals surface area contributed by atoms with Gasteiger partial charge < -0.3 is 14.2 Å².